The van der Waals surface area contributed by atoms with Gasteiger partial charge >= 0.3 is 0 Å². The predicted molar refractivity (Wildman–Crippen MR) is 72.1 cm³/mol. The maximum Gasteiger partial charge on any atom is 0.112 e. The summed E-state index contributed by atoms with van der Waals surface area (Å²) >= 11 is 1.70. The van der Waals surface area contributed by atoms with Crippen LogP contribution in [0.25, 0.3) is 0 Å². The van der Waals surface area contributed by atoms with Gasteiger partial charge in [-0.3, -0.25) is 0 Å². The van der Waals surface area contributed by atoms with E-state index in [0.29, 0.717) is 0 Å². The van der Waals surface area contributed by atoms with Crippen molar-refractivity contribution in [3.05, 3.63) is 40.6 Å². The van der Waals surface area contributed by atoms with Crippen LogP contribution in [0, 0.1) is 0 Å². The minimum absolute atomic E-state index is 0.0670. The van der Waals surface area contributed by atoms with E-state index in [1.807, 2.05) is 11.6 Å². The zero-order chi connectivity index (χ0) is 12.3. The van der Waals surface area contributed by atoms with Crippen LogP contribution in [-0.2, 0) is 18.6 Å². The smallest absolute Gasteiger partial charge is 0.112 e. The third kappa shape index (κ3) is 2.96. The van der Waals surface area contributed by atoms with Crippen LogP contribution in [0.3, 0.4) is 0 Å². The molecule has 2 aromatic rings. The number of hydrogen-bond acceptors (Lipinski definition) is 3. The van der Waals surface area contributed by atoms with Crippen LogP contribution < -0.4 is 5.32 Å². The summed E-state index contributed by atoms with van der Waals surface area (Å²) in [5.41, 5.74) is 1.25. The van der Waals surface area contributed by atoms with Crippen LogP contribution in [-0.4, -0.2) is 9.55 Å². The summed E-state index contributed by atoms with van der Waals surface area (Å²) in [6, 6.07) is 2.16. The number of rotatable bonds is 5. The van der Waals surface area contributed by atoms with Gasteiger partial charge in [-0.05, 0) is 32.4 Å². The Kier molecular flexibility index (Phi) is 3.64. The molecule has 2 aromatic heterocycles. The Bertz CT molecular complexity index is 457. The molecule has 0 aliphatic rings. The lowest BCUT2D eigenvalue weighted by atomic mass is 10.1. The fraction of sp³-hybridized carbons (Fsp3) is 0.462. The first-order valence-corrected chi connectivity index (χ1v) is 6.79. The molecule has 0 aliphatic heterocycles. The van der Waals surface area contributed by atoms with Crippen molar-refractivity contribution in [2.75, 3.05) is 0 Å². The predicted octanol–water partition coefficient (Wildman–Crippen LogP) is 2.99. The van der Waals surface area contributed by atoms with Crippen LogP contribution in [0.15, 0.2) is 30.0 Å². The third-order valence-electron chi connectivity index (χ3n) is 2.88. The first-order valence-electron chi connectivity index (χ1n) is 5.91. The van der Waals surface area contributed by atoms with E-state index in [4.69, 9.17) is 0 Å². The Morgan fingerprint density at radius 3 is 2.88 bits per heavy atom. The van der Waals surface area contributed by atoms with Crippen molar-refractivity contribution in [1.29, 1.82) is 0 Å². The van der Waals surface area contributed by atoms with E-state index in [1.54, 1.807) is 11.3 Å². The Hall–Kier alpha value is -1.13. The van der Waals surface area contributed by atoms with Gasteiger partial charge in [-0.15, -0.1) is 11.3 Å². The maximum absolute atomic E-state index is 4.37. The lowest BCUT2D eigenvalue weighted by Crippen LogP contribution is -2.35. The molecule has 1 N–H and O–H groups in total. The van der Waals surface area contributed by atoms with Gasteiger partial charge in [0.2, 0.25) is 0 Å². The Morgan fingerprint density at radius 1 is 1.47 bits per heavy atom. The molecule has 0 spiro atoms. The zero-order valence-electron chi connectivity index (χ0n) is 10.6. The van der Waals surface area contributed by atoms with Gasteiger partial charge in [0.1, 0.15) is 5.01 Å². The van der Waals surface area contributed by atoms with Crippen molar-refractivity contribution in [3.63, 3.8) is 0 Å². The van der Waals surface area contributed by atoms with Crippen LogP contribution in [0.4, 0.5) is 0 Å². The summed E-state index contributed by atoms with van der Waals surface area (Å²) in [6.07, 6.45) is 6.16. The Morgan fingerprint density at radius 2 is 2.29 bits per heavy atom. The lowest BCUT2D eigenvalue weighted by molar-refractivity contribution is 0.399. The molecule has 4 heteroatoms. The number of hydrogen-bond donors (Lipinski definition) is 1. The van der Waals surface area contributed by atoms with Gasteiger partial charge in [0.15, 0.2) is 0 Å². The molecule has 0 aromatic carbocycles. The van der Waals surface area contributed by atoms with Gasteiger partial charge in [0.05, 0.1) is 5.54 Å². The van der Waals surface area contributed by atoms with E-state index in [1.165, 1.54) is 5.56 Å². The van der Waals surface area contributed by atoms with Crippen LogP contribution in [0.2, 0.25) is 0 Å². The molecule has 0 saturated heterocycles. The first-order chi connectivity index (χ1) is 8.12. The molecule has 0 aliphatic carbocycles. The molecule has 2 rings (SSSR count). The van der Waals surface area contributed by atoms with Crippen molar-refractivity contribution < 1.29 is 0 Å². The van der Waals surface area contributed by atoms with Gasteiger partial charge in [0, 0.05) is 37.1 Å². The lowest BCUT2D eigenvalue weighted by Gasteiger charge is -2.23. The molecule has 0 bridgehead atoms. The summed E-state index contributed by atoms with van der Waals surface area (Å²) < 4.78 is 2.19. The zero-order valence-corrected chi connectivity index (χ0v) is 11.4. The highest BCUT2D eigenvalue weighted by Gasteiger charge is 2.22. The fourth-order valence-electron chi connectivity index (χ4n) is 1.72. The van der Waals surface area contributed by atoms with Crippen LogP contribution in [0.1, 0.15) is 31.3 Å². The van der Waals surface area contributed by atoms with Crippen molar-refractivity contribution in [2.45, 2.75) is 39.4 Å². The molecule has 92 valence electrons. The van der Waals surface area contributed by atoms with Crippen LogP contribution >= 0.6 is 11.3 Å². The number of nitrogens with one attached hydrogen (secondary N) is 1. The number of nitrogens with zero attached hydrogens (tertiary/aromatic N) is 2. The van der Waals surface area contributed by atoms with Gasteiger partial charge in [-0.1, -0.05) is 0 Å². The van der Waals surface area contributed by atoms with E-state index in [9.17, 15) is 0 Å². The molecule has 2 heterocycles. The topological polar surface area (TPSA) is 29.9 Å². The number of thiazole rings is 1. The van der Waals surface area contributed by atoms with E-state index < -0.39 is 0 Å². The molecule has 0 unspecified atom stereocenters. The second-order valence-corrected chi connectivity index (χ2v) is 5.56. The highest BCUT2D eigenvalue weighted by atomic mass is 32.1. The average Bonchev–Trinajstić information content (AvgIpc) is 2.98. The highest BCUT2D eigenvalue weighted by molar-refractivity contribution is 7.09. The molecule has 3 nitrogen and oxygen atoms in total. The second-order valence-electron chi connectivity index (χ2n) is 4.67. The fourth-order valence-corrected chi connectivity index (χ4v) is 2.46. The monoisotopic (exact) mass is 249 g/mol. The van der Waals surface area contributed by atoms with Crippen molar-refractivity contribution >= 4 is 11.3 Å². The maximum atomic E-state index is 4.37. The first kappa shape index (κ1) is 12.3. The standard InChI is InChI=1S/C13H19N3S/c1-4-16-7-5-11(10-16)9-15-13(2,3)12-14-6-8-17-12/h5-8,10,15H,4,9H2,1-3H3. The molecule has 0 fully saturated rings. The van der Waals surface area contributed by atoms with Gasteiger partial charge < -0.3 is 9.88 Å². The van der Waals surface area contributed by atoms with E-state index in [2.05, 4.69) is 54.1 Å². The van der Waals surface area contributed by atoms with Gasteiger partial charge in [-0.2, -0.15) is 0 Å². The molecular weight excluding hydrogens is 230 g/mol. The molecule has 17 heavy (non-hydrogen) atoms. The number of aromatic nitrogens is 2. The average molecular weight is 249 g/mol. The molecule has 0 radical (unpaired) electrons. The summed E-state index contributed by atoms with van der Waals surface area (Å²) in [7, 11) is 0. The molecular formula is C13H19N3S. The quantitative estimate of drug-likeness (QED) is 0.883. The largest absolute Gasteiger partial charge is 0.354 e. The van der Waals surface area contributed by atoms with Crippen LogP contribution in [0.5, 0.6) is 0 Å². The van der Waals surface area contributed by atoms with E-state index >= 15 is 0 Å². The summed E-state index contributed by atoms with van der Waals surface area (Å²) in [6.45, 7) is 8.39. The van der Waals surface area contributed by atoms with Crippen molar-refractivity contribution in [1.82, 2.24) is 14.9 Å². The molecule has 0 atom stereocenters. The molecule has 0 saturated carbocycles. The summed E-state index contributed by atoms with van der Waals surface area (Å²) in [4.78, 5) is 4.37. The third-order valence-corrected chi connectivity index (χ3v) is 3.98. The van der Waals surface area contributed by atoms with E-state index in [-0.39, 0.29) is 5.54 Å². The minimum Gasteiger partial charge on any atom is -0.354 e. The summed E-state index contributed by atoms with van der Waals surface area (Å²) in [5, 5.41) is 6.70. The van der Waals surface area contributed by atoms with Gasteiger partial charge in [-0.25, -0.2) is 4.98 Å². The van der Waals surface area contributed by atoms with Crippen molar-refractivity contribution in [3.8, 4) is 0 Å². The Labute approximate surface area is 107 Å². The molecule has 0 amide bonds. The van der Waals surface area contributed by atoms with Gasteiger partial charge in [0.25, 0.3) is 0 Å². The highest BCUT2D eigenvalue weighted by Crippen LogP contribution is 2.22. The van der Waals surface area contributed by atoms with Crippen molar-refractivity contribution in [2.24, 2.45) is 0 Å². The minimum atomic E-state index is -0.0670. The Balaban J connectivity index is 1.97. The SMILES string of the molecule is CCn1ccc(CNC(C)(C)c2nccs2)c1. The normalized spacial score (nSPS) is 11.9. The number of aryl methyl sites for hydroxylation is 1. The van der Waals surface area contributed by atoms with E-state index in [0.717, 1.165) is 18.1 Å². The summed E-state index contributed by atoms with van der Waals surface area (Å²) in [5.74, 6) is 0. The second kappa shape index (κ2) is 5.02.